The van der Waals surface area contributed by atoms with Crippen LogP contribution >= 0.6 is 11.6 Å². The first-order chi connectivity index (χ1) is 5.63. The maximum absolute atomic E-state index is 10.2. The molecular formula is C7H8ClNO3. The van der Waals surface area contributed by atoms with Gasteiger partial charge in [-0.2, -0.15) is 0 Å². The summed E-state index contributed by atoms with van der Waals surface area (Å²) < 4.78 is 4.92. The first-order valence-electron chi connectivity index (χ1n) is 3.32. The van der Waals surface area contributed by atoms with Gasteiger partial charge in [0.05, 0.1) is 0 Å². The molecule has 1 aromatic heterocycles. The number of carboxylic acid groups (broad SMARTS) is 1. The summed E-state index contributed by atoms with van der Waals surface area (Å²) in [5, 5.41) is 8.58. The van der Waals surface area contributed by atoms with Crippen molar-refractivity contribution in [1.29, 1.82) is 0 Å². The van der Waals surface area contributed by atoms with E-state index in [1.807, 2.05) is 0 Å². The van der Waals surface area contributed by atoms with Crippen molar-refractivity contribution in [2.75, 3.05) is 0 Å². The normalized spacial score (nSPS) is 10.2. The summed E-state index contributed by atoms with van der Waals surface area (Å²) in [6, 6.07) is 1.55. The van der Waals surface area contributed by atoms with Gasteiger partial charge in [-0.25, -0.2) is 0 Å². The average Bonchev–Trinajstić information content (AvgIpc) is 2.29. The van der Waals surface area contributed by atoms with Crippen molar-refractivity contribution in [3.63, 3.8) is 0 Å². The van der Waals surface area contributed by atoms with Crippen molar-refractivity contribution in [2.45, 2.75) is 13.0 Å². The average molecular weight is 190 g/mol. The predicted molar refractivity (Wildman–Crippen MR) is 42.9 cm³/mol. The molecule has 3 N–H and O–H groups in total. The minimum absolute atomic E-state index is 0.167. The van der Waals surface area contributed by atoms with Gasteiger partial charge in [-0.3, -0.25) is 4.79 Å². The first-order valence-corrected chi connectivity index (χ1v) is 3.70. The van der Waals surface area contributed by atoms with Crippen LogP contribution in [0.3, 0.4) is 0 Å². The fourth-order valence-electron chi connectivity index (χ4n) is 0.837. The molecule has 1 aromatic rings. The molecule has 0 saturated heterocycles. The second-order valence-corrected chi connectivity index (χ2v) is 2.63. The van der Waals surface area contributed by atoms with E-state index in [2.05, 4.69) is 0 Å². The molecule has 0 aromatic carbocycles. The highest BCUT2D eigenvalue weighted by atomic mass is 35.5. The fourth-order valence-corrected chi connectivity index (χ4v) is 1.07. The van der Waals surface area contributed by atoms with Crippen LogP contribution in [0.2, 0.25) is 5.22 Å². The lowest BCUT2D eigenvalue weighted by Gasteiger charge is -1.86. The zero-order chi connectivity index (χ0) is 9.14. The van der Waals surface area contributed by atoms with E-state index in [0.717, 1.165) is 0 Å². The van der Waals surface area contributed by atoms with E-state index in [0.29, 0.717) is 11.3 Å². The summed E-state index contributed by atoms with van der Waals surface area (Å²) in [5.74, 6) is -0.628. The number of furan rings is 1. The first kappa shape index (κ1) is 9.09. The summed E-state index contributed by atoms with van der Waals surface area (Å²) in [7, 11) is 0. The SMILES string of the molecule is NCc1cc(CC(=O)O)oc1Cl. The minimum atomic E-state index is -0.955. The molecule has 0 bridgehead atoms. The Kier molecular flexibility index (Phi) is 2.73. The third kappa shape index (κ3) is 1.99. The number of carbonyl (C=O) groups is 1. The van der Waals surface area contributed by atoms with Crippen LogP contribution in [0.15, 0.2) is 10.5 Å². The Morgan fingerprint density at radius 1 is 1.75 bits per heavy atom. The van der Waals surface area contributed by atoms with Crippen LogP contribution in [-0.4, -0.2) is 11.1 Å². The zero-order valence-corrected chi connectivity index (χ0v) is 6.97. The van der Waals surface area contributed by atoms with Crippen LogP contribution in [0.5, 0.6) is 0 Å². The molecule has 0 fully saturated rings. The monoisotopic (exact) mass is 189 g/mol. The maximum Gasteiger partial charge on any atom is 0.311 e. The highest BCUT2D eigenvalue weighted by Crippen LogP contribution is 2.20. The van der Waals surface area contributed by atoms with E-state index in [1.165, 1.54) is 0 Å². The number of hydrogen-bond acceptors (Lipinski definition) is 3. The molecule has 0 aliphatic heterocycles. The lowest BCUT2D eigenvalue weighted by Crippen LogP contribution is -1.98. The van der Waals surface area contributed by atoms with Crippen LogP contribution in [0.1, 0.15) is 11.3 Å². The van der Waals surface area contributed by atoms with Gasteiger partial charge >= 0.3 is 5.97 Å². The van der Waals surface area contributed by atoms with Crippen molar-refractivity contribution < 1.29 is 14.3 Å². The van der Waals surface area contributed by atoms with Gasteiger partial charge in [-0.05, 0) is 17.7 Å². The molecule has 1 rings (SSSR count). The standard InChI is InChI=1S/C7H8ClNO3/c8-7-4(3-9)1-5(12-7)2-6(10)11/h1H,2-3,9H2,(H,10,11). The Hall–Kier alpha value is -1.00. The zero-order valence-electron chi connectivity index (χ0n) is 6.21. The van der Waals surface area contributed by atoms with Crippen molar-refractivity contribution >= 4 is 17.6 Å². The van der Waals surface area contributed by atoms with Gasteiger partial charge in [0.15, 0.2) is 5.22 Å². The summed E-state index contributed by atoms with van der Waals surface area (Å²) in [4.78, 5) is 10.2. The molecule has 0 radical (unpaired) electrons. The van der Waals surface area contributed by atoms with E-state index in [9.17, 15) is 4.79 Å². The summed E-state index contributed by atoms with van der Waals surface area (Å²) in [5.41, 5.74) is 5.94. The highest BCUT2D eigenvalue weighted by molar-refractivity contribution is 6.29. The van der Waals surface area contributed by atoms with E-state index < -0.39 is 5.97 Å². The Morgan fingerprint density at radius 2 is 2.42 bits per heavy atom. The lowest BCUT2D eigenvalue weighted by atomic mass is 10.3. The van der Waals surface area contributed by atoms with E-state index in [-0.39, 0.29) is 18.2 Å². The second kappa shape index (κ2) is 3.60. The molecular weight excluding hydrogens is 182 g/mol. The van der Waals surface area contributed by atoms with E-state index >= 15 is 0 Å². The lowest BCUT2D eigenvalue weighted by molar-refractivity contribution is -0.136. The van der Waals surface area contributed by atoms with Gasteiger partial charge in [0, 0.05) is 12.1 Å². The quantitative estimate of drug-likeness (QED) is 0.744. The summed E-state index contributed by atoms with van der Waals surface area (Å²) >= 11 is 5.59. The van der Waals surface area contributed by atoms with Gasteiger partial charge < -0.3 is 15.3 Å². The third-order valence-electron chi connectivity index (χ3n) is 1.35. The van der Waals surface area contributed by atoms with Crippen LogP contribution in [0.4, 0.5) is 0 Å². The third-order valence-corrected chi connectivity index (χ3v) is 1.67. The largest absolute Gasteiger partial charge is 0.481 e. The molecule has 0 atom stereocenters. The fraction of sp³-hybridized carbons (Fsp3) is 0.286. The van der Waals surface area contributed by atoms with Crippen molar-refractivity contribution in [3.05, 3.63) is 22.6 Å². The number of carboxylic acids is 1. The Labute approximate surface area is 73.9 Å². The predicted octanol–water partition coefficient (Wildman–Crippen LogP) is 1.02. The van der Waals surface area contributed by atoms with E-state index in [4.69, 9.17) is 26.9 Å². The number of nitrogens with two attached hydrogens (primary N) is 1. The molecule has 0 unspecified atom stereocenters. The maximum atomic E-state index is 10.2. The Balaban J connectivity index is 2.82. The molecule has 5 heteroatoms. The van der Waals surface area contributed by atoms with Crippen LogP contribution in [-0.2, 0) is 17.8 Å². The molecule has 12 heavy (non-hydrogen) atoms. The van der Waals surface area contributed by atoms with Gasteiger partial charge in [-0.1, -0.05) is 0 Å². The minimum Gasteiger partial charge on any atom is -0.481 e. The van der Waals surface area contributed by atoms with Gasteiger partial charge in [0.1, 0.15) is 12.2 Å². The number of rotatable bonds is 3. The topological polar surface area (TPSA) is 76.5 Å². The Bertz CT molecular complexity index is 295. The molecule has 0 aliphatic carbocycles. The van der Waals surface area contributed by atoms with E-state index in [1.54, 1.807) is 6.07 Å². The number of aliphatic carboxylic acids is 1. The molecule has 1 heterocycles. The van der Waals surface area contributed by atoms with Gasteiger partial charge in [0.2, 0.25) is 0 Å². The number of halogens is 1. The smallest absolute Gasteiger partial charge is 0.311 e. The van der Waals surface area contributed by atoms with Crippen molar-refractivity contribution in [2.24, 2.45) is 5.73 Å². The molecule has 66 valence electrons. The van der Waals surface area contributed by atoms with Crippen molar-refractivity contribution in [1.82, 2.24) is 0 Å². The summed E-state index contributed by atoms with van der Waals surface area (Å²) in [6.45, 7) is 0.252. The van der Waals surface area contributed by atoms with Crippen LogP contribution < -0.4 is 5.73 Å². The summed E-state index contributed by atoms with van der Waals surface area (Å²) in [6.07, 6.45) is -0.167. The highest BCUT2D eigenvalue weighted by Gasteiger charge is 2.09. The molecule has 0 saturated carbocycles. The molecule has 0 spiro atoms. The molecule has 0 amide bonds. The van der Waals surface area contributed by atoms with Gasteiger partial charge in [0.25, 0.3) is 0 Å². The van der Waals surface area contributed by atoms with Crippen LogP contribution in [0.25, 0.3) is 0 Å². The molecule has 4 nitrogen and oxygen atoms in total. The number of hydrogen-bond donors (Lipinski definition) is 2. The van der Waals surface area contributed by atoms with Crippen molar-refractivity contribution in [3.8, 4) is 0 Å². The second-order valence-electron chi connectivity index (χ2n) is 2.29. The van der Waals surface area contributed by atoms with Crippen LogP contribution in [0, 0.1) is 0 Å². The van der Waals surface area contributed by atoms with Gasteiger partial charge in [-0.15, -0.1) is 0 Å². The molecule has 0 aliphatic rings. The Morgan fingerprint density at radius 3 is 2.83 bits per heavy atom.